The Labute approximate surface area is 206 Å². The number of halogens is 6. The van der Waals surface area contributed by atoms with Crippen LogP contribution in [0.2, 0.25) is 0 Å². The van der Waals surface area contributed by atoms with Crippen LogP contribution in [0, 0.1) is 0 Å². The summed E-state index contributed by atoms with van der Waals surface area (Å²) < 4.78 is 80.2. The van der Waals surface area contributed by atoms with E-state index in [4.69, 9.17) is 5.11 Å². The fourth-order valence-electron chi connectivity index (χ4n) is 3.96. The Morgan fingerprint density at radius 3 is 2.27 bits per heavy atom. The third kappa shape index (κ3) is 5.39. The molecular formula is C21H16F6N4O5S. The standard InChI is InChI=1S/C21H16F6N4O5S/c22-20(23,24)10-3-9(4-11(5-10)21(25,26)27)7-30-2-1-12-13(8-30)37-19-29-17(35)15(18(36)31(12)19)16(34)28-6-14(32)33/h3-5,35H,1-2,6-8H2,(H,28,34)(H,32,33). The molecule has 37 heavy (non-hydrogen) atoms. The molecule has 0 radical (unpaired) electrons. The van der Waals surface area contributed by atoms with Crippen LogP contribution in [-0.4, -0.2) is 49.5 Å². The van der Waals surface area contributed by atoms with Crippen LogP contribution >= 0.6 is 11.3 Å². The monoisotopic (exact) mass is 550 g/mol. The average molecular weight is 550 g/mol. The molecule has 16 heteroatoms. The van der Waals surface area contributed by atoms with Crippen molar-refractivity contribution in [3.8, 4) is 5.88 Å². The summed E-state index contributed by atoms with van der Waals surface area (Å²) in [6.45, 7) is -0.828. The Morgan fingerprint density at radius 2 is 1.70 bits per heavy atom. The summed E-state index contributed by atoms with van der Waals surface area (Å²) in [7, 11) is 0. The fourth-order valence-corrected chi connectivity index (χ4v) is 5.15. The highest BCUT2D eigenvalue weighted by molar-refractivity contribution is 7.17. The number of nitrogens with one attached hydrogen (secondary N) is 1. The van der Waals surface area contributed by atoms with Crippen molar-refractivity contribution in [3.05, 3.63) is 61.4 Å². The van der Waals surface area contributed by atoms with Crippen LogP contribution in [0.15, 0.2) is 23.0 Å². The maximum Gasteiger partial charge on any atom is 0.416 e. The predicted molar refractivity (Wildman–Crippen MR) is 115 cm³/mol. The van der Waals surface area contributed by atoms with Crippen LogP contribution < -0.4 is 10.9 Å². The molecule has 1 aromatic carbocycles. The van der Waals surface area contributed by atoms with Gasteiger partial charge < -0.3 is 15.5 Å². The van der Waals surface area contributed by atoms with Gasteiger partial charge in [-0.15, -0.1) is 0 Å². The molecule has 0 fully saturated rings. The Bertz CT molecular complexity index is 1430. The van der Waals surface area contributed by atoms with Gasteiger partial charge in [0, 0.05) is 36.6 Å². The van der Waals surface area contributed by atoms with Crippen molar-refractivity contribution >= 4 is 28.2 Å². The van der Waals surface area contributed by atoms with Crippen LogP contribution in [0.25, 0.3) is 4.96 Å². The van der Waals surface area contributed by atoms with Crippen molar-refractivity contribution in [2.75, 3.05) is 13.1 Å². The van der Waals surface area contributed by atoms with E-state index in [2.05, 4.69) is 4.98 Å². The van der Waals surface area contributed by atoms with E-state index in [9.17, 15) is 45.8 Å². The summed E-state index contributed by atoms with van der Waals surface area (Å²) >= 11 is 0.960. The molecule has 0 unspecified atom stereocenters. The normalized spacial score (nSPS) is 14.5. The van der Waals surface area contributed by atoms with Crippen LogP contribution in [0.4, 0.5) is 26.3 Å². The van der Waals surface area contributed by atoms with Gasteiger partial charge in [-0.25, -0.2) is 0 Å². The lowest BCUT2D eigenvalue weighted by molar-refractivity contribution is -0.143. The third-order valence-electron chi connectivity index (χ3n) is 5.55. The third-order valence-corrected chi connectivity index (χ3v) is 6.62. The van der Waals surface area contributed by atoms with Crippen molar-refractivity contribution < 1.29 is 46.1 Å². The Morgan fingerprint density at radius 1 is 1.08 bits per heavy atom. The summed E-state index contributed by atoms with van der Waals surface area (Å²) in [5.41, 5.74) is -4.32. The van der Waals surface area contributed by atoms with Crippen LogP contribution in [0.3, 0.4) is 0 Å². The minimum Gasteiger partial charge on any atom is -0.492 e. The Kier molecular flexibility index (Phi) is 6.66. The largest absolute Gasteiger partial charge is 0.492 e. The van der Waals surface area contributed by atoms with E-state index >= 15 is 0 Å². The number of benzene rings is 1. The number of hydrogen-bond donors (Lipinski definition) is 3. The molecule has 2 aromatic heterocycles. The number of nitrogens with zero attached hydrogens (tertiary/aromatic N) is 3. The number of hydrogen-bond acceptors (Lipinski definition) is 7. The van der Waals surface area contributed by atoms with E-state index in [1.165, 1.54) is 0 Å². The molecule has 9 nitrogen and oxygen atoms in total. The Hall–Kier alpha value is -3.66. The lowest BCUT2D eigenvalue weighted by Crippen LogP contribution is -2.36. The van der Waals surface area contributed by atoms with Gasteiger partial charge in [-0.3, -0.25) is 23.7 Å². The lowest BCUT2D eigenvalue weighted by atomic mass is 10.0. The summed E-state index contributed by atoms with van der Waals surface area (Å²) in [4.78, 5) is 41.8. The van der Waals surface area contributed by atoms with E-state index in [0.29, 0.717) is 22.7 Å². The lowest BCUT2D eigenvalue weighted by Gasteiger charge is -2.27. The van der Waals surface area contributed by atoms with E-state index < -0.39 is 58.9 Å². The first-order valence-corrected chi connectivity index (χ1v) is 11.2. The van der Waals surface area contributed by atoms with Gasteiger partial charge in [0.1, 0.15) is 6.54 Å². The number of aromatic hydroxyl groups is 1. The quantitative estimate of drug-likeness (QED) is 0.418. The van der Waals surface area contributed by atoms with Gasteiger partial charge in [0.2, 0.25) is 5.88 Å². The predicted octanol–water partition coefficient (Wildman–Crippen LogP) is 2.87. The Balaban J connectivity index is 1.64. The molecule has 3 N–H and O–H groups in total. The number of fused-ring (bicyclic) bond motifs is 3. The maximum absolute atomic E-state index is 13.2. The number of aliphatic carboxylic acids is 1. The number of carbonyl (C=O) groups excluding carboxylic acids is 1. The summed E-state index contributed by atoms with van der Waals surface area (Å²) in [5, 5.41) is 20.8. The van der Waals surface area contributed by atoms with Crippen molar-refractivity contribution in [1.29, 1.82) is 0 Å². The zero-order valence-corrected chi connectivity index (χ0v) is 19.2. The minimum absolute atomic E-state index is 0.0163. The number of carbonyl (C=O) groups is 2. The van der Waals surface area contributed by atoms with Crippen LogP contribution in [0.1, 0.15) is 37.6 Å². The number of thiazole rings is 1. The molecule has 1 aliphatic heterocycles. The molecule has 0 spiro atoms. The molecule has 3 aromatic rings. The number of alkyl halides is 6. The fraction of sp³-hybridized carbons (Fsp3) is 0.333. The van der Waals surface area contributed by atoms with Crippen LogP contribution in [-0.2, 0) is 36.7 Å². The molecule has 3 heterocycles. The number of rotatable bonds is 5. The van der Waals surface area contributed by atoms with Crippen LogP contribution in [0.5, 0.6) is 5.88 Å². The molecule has 4 rings (SSSR count). The zero-order valence-electron chi connectivity index (χ0n) is 18.4. The first-order valence-electron chi connectivity index (χ1n) is 10.4. The van der Waals surface area contributed by atoms with E-state index in [0.717, 1.165) is 15.7 Å². The topological polar surface area (TPSA) is 124 Å². The molecule has 1 amide bonds. The smallest absolute Gasteiger partial charge is 0.416 e. The van der Waals surface area contributed by atoms with E-state index in [-0.39, 0.29) is 42.6 Å². The molecule has 0 saturated heterocycles. The van der Waals surface area contributed by atoms with Gasteiger partial charge >= 0.3 is 18.3 Å². The molecule has 198 valence electrons. The highest BCUT2D eigenvalue weighted by Crippen LogP contribution is 2.37. The van der Waals surface area contributed by atoms with Gasteiger partial charge in [-0.1, -0.05) is 11.3 Å². The molecular weight excluding hydrogens is 534 g/mol. The maximum atomic E-state index is 13.2. The molecule has 0 saturated carbocycles. The first-order chi connectivity index (χ1) is 17.1. The molecule has 0 bridgehead atoms. The highest BCUT2D eigenvalue weighted by atomic mass is 32.1. The number of carboxylic acids is 1. The zero-order chi connectivity index (χ0) is 27.3. The summed E-state index contributed by atoms with van der Waals surface area (Å²) in [6.07, 6.45) is -9.80. The van der Waals surface area contributed by atoms with Gasteiger partial charge in [0.05, 0.1) is 11.1 Å². The van der Waals surface area contributed by atoms with Crippen molar-refractivity contribution in [2.24, 2.45) is 0 Å². The van der Waals surface area contributed by atoms with Gasteiger partial charge in [0.25, 0.3) is 11.5 Å². The SMILES string of the molecule is O=C(O)CNC(=O)c1c(O)nc2sc3c(n2c1=O)CCN(Cc1cc(C(F)(F)F)cc(C(F)(F)F)c1)C3. The van der Waals surface area contributed by atoms with Gasteiger partial charge in [-0.05, 0) is 23.8 Å². The summed E-state index contributed by atoms with van der Waals surface area (Å²) in [6, 6.07) is 1.36. The molecule has 0 atom stereocenters. The second kappa shape index (κ2) is 9.33. The van der Waals surface area contributed by atoms with E-state index in [1.807, 2.05) is 5.32 Å². The van der Waals surface area contributed by atoms with Gasteiger partial charge in [0.15, 0.2) is 10.5 Å². The minimum atomic E-state index is -4.97. The molecule has 1 aliphatic rings. The van der Waals surface area contributed by atoms with Crippen molar-refractivity contribution in [3.63, 3.8) is 0 Å². The first kappa shape index (κ1) is 26.4. The van der Waals surface area contributed by atoms with Crippen molar-refractivity contribution in [1.82, 2.24) is 19.6 Å². The number of amides is 1. The van der Waals surface area contributed by atoms with E-state index in [1.54, 1.807) is 4.90 Å². The van der Waals surface area contributed by atoms with Crippen molar-refractivity contribution in [2.45, 2.75) is 31.9 Å². The average Bonchev–Trinajstić information content (AvgIpc) is 3.13. The number of aromatic nitrogens is 2. The second-order valence-corrected chi connectivity index (χ2v) is 9.22. The van der Waals surface area contributed by atoms with Gasteiger partial charge in [-0.2, -0.15) is 31.3 Å². The molecule has 0 aliphatic carbocycles. The number of carboxylic acid groups (broad SMARTS) is 1. The highest BCUT2D eigenvalue weighted by Gasteiger charge is 2.37. The summed E-state index contributed by atoms with van der Waals surface area (Å²) in [5.74, 6) is -3.43. The second-order valence-electron chi connectivity index (χ2n) is 8.16.